The van der Waals surface area contributed by atoms with E-state index in [1.165, 1.54) is 7.05 Å². The van der Waals surface area contributed by atoms with E-state index in [0.29, 0.717) is 0 Å². The lowest BCUT2D eigenvalue weighted by Gasteiger charge is -2.11. The van der Waals surface area contributed by atoms with Gasteiger partial charge in [-0.25, -0.2) is 9.97 Å². The fourth-order valence-electron chi connectivity index (χ4n) is 0.966. The SMILES string of the molecule is CNC(=O)C(C)Nc1ncc([N+](=O)[O-])cn1. The zero-order chi connectivity index (χ0) is 12.1. The number of likely N-dealkylation sites (N-methyl/N-ethyl adjacent to an activating group) is 1. The van der Waals surface area contributed by atoms with E-state index in [4.69, 9.17) is 0 Å². The first kappa shape index (κ1) is 11.8. The van der Waals surface area contributed by atoms with Crippen LogP contribution in [0.4, 0.5) is 11.6 Å². The van der Waals surface area contributed by atoms with Gasteiger partial charge in [-0.05, 0) is 6.92 Å². The van der Waals surface area contributed by atoms with Crippen molar-refractivity contribution in [1.29, 1.82) is 0 Å². The normalized spacial score (nSPS) is 11.6. The molecule has 1 unspecified atom stereocenters. The van der Waals surface area contributed by atoms with Crippen molar-refractivity contribution >= 4 is 17.5 Å². The van der Waals surface area contributed by atoms with Gasteiger partial charge in [-0.15, -0.1) is 0 Å². The molecule has 0 saturated heterocycles. The number of nitrogens with zero attached hydrogens (tertiary/aromatic N) is 3. The van der Waals surface area contributed by atoms with E-state index in [1.54, 1.807) is 6.92 Å². The lowest BCUT2D eigenvalue weighted by atomic mass is 10.3. The van der Waals surface area contributed by atoms with Crippen molar-refractivity contribution in [2.45, 2.75) is 13.0 Å². The zero-order valence-corrected chi connectivity index (χ0v) is 8.80. The summed E-state index contributed by atoms with van der Waals surface area (Å²) in [7, 11) is 1.51. The lowest BCUT2D eigenvalue weighted by molar-refractivity contribution is -0.385. The average Bonchev–Trinajstić information content (AvgIpc) is 2.28. The van der Waals surface area contributed by atoms with Crippen LogP contribution in [-0.2, 0) is 4.79 Å². The Bertz CT molecular complexity index is 391. The Morgan fingerprint density at radius 3 is 2.50 bits per heavy atom. The van der Waals surface area contributed by atoms with Gasteiger partial charge in [0.2, 0.25) is 11.9 Å². The van der Waals surface area contributed by atoms with Crippen LogP contribution >= 0.6 is 0 Å². The smallest absolute Gasteiger partial charge is 0.305 e. The molecule has 1 aromatic heterocycles. The zero-order valence-electron chi connectivity index (χ0n) is 8.80. The third-order valence-electron chi connectivity index (χ3n) is 1.83. The Hall–Kier alpha value is -2.25. The topological polar surface area (TPSA) is 110 Å². The molecule has 8 nitrogen and oxygen atoms in total. The molecule has 86 valence electrons. The van der Waals surface area contributed by atoms with Crippen LogP contribution in [0.5, 0.6) is 0 Å². The number of carbonyl (C=O) groups excluding carboxylic acids is 1. The summed E-state index contributed by atoms with van der Waals surface area (Å²) in [6, 6.07) is -0.508. The van der Waals surface area contributed by atoms with Crippen LogP contribution in [-0.4, -0.2) is 33.9 Å². The molecule has 1 atom stereocenters. The van der Waals surface area contributed by atoms with Crippen molar-refractivity contribution in [3.05, 3.63) is 22.5 Å². The van der Waals surface area contributed by atoms with Crippen LogP contribution in [0.25, 0.3) is 0 Å². The number of carbonyl (C=O) groups is 1. The molecule has 1 amide bonds. The molecule has 0 aliphatic carbocycles. The van der Waals surface area contributed by atoms with Gasteiger partial charge in [0, 0.05) is 7.05 Å². The number of hydrogen-bond acceptors (Lipinski definition) is 6. The summed E-state index contributed by atoms with van der Waals surface area (Å²) in [6.45, 7) is 1.63. The van der Waals surface area contributed by atoms with Crippen molar-refractivity contribution in [3.63, 3.8) is 0 Å². The van der Waals surface area contributed by atoms with E-state index in [1.807, 2.05) is 0 Å². The second-order valence-electron chi connectivity index (χ2n) is 3.00. The first-order chi connectivity index (χ1) is 7.54. The molecule has 1 rings (SSSR count). The van der Waals surface area contributed by atoms with Crippen LogP contribution < -0.4 is 10.6 Å². The van der Waals surface area contributed by atoms with Gasteiger partial charge >= 0.3 is 5.69 Å². The lowest BCUT2D eigenvalue weighted by Crippen LogP contribution is -2.35. The summed E-state index contributed by atoms with van der Waals surface area (Å²) in [5.41, 5.74) is -0.196. The first-order valence-electron chi connectivity index (χ1n) is 4.49. The molecule has 0 aliphatic heterocycles. The molecular weight excluding hydrogens is 214 g/mol. The highest BCUT2D eigenvalue weighted by molar-refractivity contribution is 5.83. The highest BCUT2D eigenvalue weighted by Gasteiger charge is 2.12. The molecule has 0 bridgehead atoms. The van der Waals surface area contributed by atoms with Gasteiger partial charge in [-0.1, -0.05) is 0 Å². The number of anilines is 1. The standard InChI is InChI=1S/C8H11N5O3/c1-5(7(14)9-2)12-8-10-3-6(4-11-8)13(15)16/h3-5H,1-2H3,(H,9,14)(H,10,11,12). The Labute approximate surface area is 91.2 Å². The van der Waals surface area contributed by atoms with Crippen molar-refractivity contribution in [2.75, 3.05) is 12.4 Å². The van der Waals surface area contributed by atoms with Gasteiger partial charge in [-0.2, -0.15) is 0 Å². The summed E-state index contributed by atoms with van der Waals surface area (Å²) in [5, 5.41) is 15.5. The fourth-order valence-corrected chi connectivity index (χ4v) is 0.966. The molecule has 0 saturated carbocycles. The van der Waals surface area contributed by atoms with Crippen LogP contribution in [0.15, 0.2) is 12.4 Å². The second-order valence-corrected chi connectivity index (χ2v) is 3.00. The maximum Gasteiger partial charge on any atom is 0.305 e. The van der Waals surface area contributed by atoms with E-state index in [-0.39, 0.29) is 17.5 Å². The predicted molar refractivity (Wildman–Crippen MR) is 55.8 cm³/mol. The Morgan fingerprint density at radius 2 is 2.06 bits per heavy atom. The molecular formula is C8H11N5O3. The second kappa shape index (κ2) is 5.01. The number of nitro groups is 1. The molecule has 2 N–H and O–H groups in total. The maximum atomic E-state index is 11.2. The van der Waals surface area contributed by atoms with Crippen LogP contribution in [0.1, 0.15) is 6.92 Å². The minimum absolute atomic E-state index is 0.168. The fraction of sp³-hybridized carbons (Fsp3) is 0.375. The van der Waals surface area contributed by atoms with Gasteiger partial charge < -0.3 is 10.6 Å². The molecule has 0 fully saturated rings. The molecule has 1 heterocycles. The average molecular weight is 225 g/mol. The molecule has 0 radical (unpaired) electrons. The third-order valence-corrected chi connectivity index (χ3v) is 1.83. The molecule has 1 aromatic rings. The Kier molecular flexibility index (Phi) is 3.70. The third kappa shape index (κ3) is 2.87. The number of hydrogen-bond donors (Lipinski definition) is 2. The molecule has 0 spiro atoms. The quantitative estimate of drug-likeness (QED) is 0.548. The highest BCUT2D eigenvalue weighted by atomic mass is 16.6. The molecule has 16 heavy (non-hydrogen) atoms. The van der Waals surface area contributed by atoms with Crippen molar-refractivity contribution in [3.8, 4) is 0 Å². The van der Waals surface area contributed by atoms with E-state index in [9.17, 15) is 14.9 Å². The highest BCUT2D eigenvalue weighted by Crippen LogP contribution is 2.08. The Balaban J connectivity index is 2.68. The summed E-state index contributed by atoms with van der Waals surface area (Å²) >= 11 is 0. The minimum Gasteiger partial charge on any atom is -0.357 e. The Morgan fingerprint density at radius 1 is 1.50 bits per heavy atom. The first-order valence-corrected chi connectivity index (χ1v) is 4.49. The van der Waals surface area contributed by atoms with Gasteiger partial charge in [-0.3, -0.25) is 14.9 Å². The number of aromatic nitrogens is 2. The van der Waals surface area contributed by atoms with E-state index in [2.05, 4.69) is 20.6 Å². The summed E-state index contributed by atoms with van der Waals surface area (Å²) < 4.78 is 0. The number of amides is 1. The minimum atomic E-state index is -0.591. The monoisotopic (exact) mass is 225 g/mol. The van der Waals surface area contributed by atoms with Crippen LogP contribution in [0, 0.1) is 10.1 Å². The predicted octanol–water partition coefficient (Wildman–Crippen LogP) is -0.0688. The largest absolute Gasteiger partial charge is 0.357 e. The summed E-state index contributed by atoms with van der Waals surface area (Å²) in [6.07, 6.45) is 2.15. The van der Waals surface area contributed by atoms with Crippen LogP contribution in [0.3, 0.4) is 0 Å². The van der Waals surface area contributed by atoms with Crippen molar-refractivity contribution < 1.29 is 9.72 Å². The van der Waals surface area contributed by atoms with Gasteiger partial charge in [0.05, 0.1) is 4.92 Å². The number of rotatable bonds is 4. The van der Waals surface area contributed by atoms with E-state index >= 15 is 0 Å². The van der Waals surface area contributed by atoms with Crippen molar-refractivity contribution in [2.24, 2.45) is 0 Å². The summed E-state index contributed by atoms with van der Waals surface area (Å²) in [5.74, 6) is -0.0522. The van der Waals surface area contributed by atoms with Crippen LogP contribution in [0.2, 0.25) is 0 Å². The molecule has 0 aromatic carbocycles. The van der Waals surface area contributed by atoms with E-state index in [0.717, 1.165) is 12.4 Å². The molecule has 0 aliphatic rings. The number of nitrogens with one attached hydrogen (secondary N) is 2. The maximum absolute atomic E-state index is 11.2. The van der Waals surface area contributed by atoms with Crippen molar-refractivity contribution in [1.82, 2.24) is 15.3 Å². The summed E-state index contributed by atoms with van der Waals surface area (Å²) in [4.78, 5) is 28.3. The molecule has 8 heteroatoms. The van der Waals surface area contributed by atoms with Gasteiger partial charge in [0.25, 0.3) is 0 Å². The van der Waals surface area contributed by atoms with Gasteiger partial charge in [0.1, 0.15) is 18.4 Å². The van der Waals surface area contributed by atoms with E-state index < -0.39 is 11.0 Å². The van der Waals surface area contributed by atoms with Gasteiger partial charge in [0.15, 0.2) is 0 Å².